The fourth-order valence-electron chi connectivity index (χ4n) is 3.72. The zero-order valence-electron chi connectivity index (χ0n) is 18.2. The van der Waals surface area contributed by atoms with Gasteiger partial charge in [0.25, 0.3) is 0 Å². The van der Waals surface area contributed by atoms with Gasteiger partial charge in [0.1, 0.15) is 0 Å². The number of thioether (sulfide) groups is 1. The van der Waals surface area contributed by atoms with Gasteiger partial charge in [-0.2, -0.15) is 0 Å². The molecule has 0 aliphatic carbocycles. The monoisotopic (exact) mass is 482 g/mol. The maximum Gasteiger partial charge on any atom is 0.338 e. The fourth-order valence-corrected chi connectivity index (χ4v) is 4.81. The minimum absolute atomic E-state index is 0.137. The first-order valence-corrected chi connectivity index (χ1v) is 11.8. The quantitative estimate of drug-likeness (QED) is 0.581. The third kappa shape index (κ3) is 5.12. The summed E-state index contributed by atoms with van der Waals surface area (Å²) in [5.41, 5.74) is 3.44. The first-order chi connectivity index (χ1) is 16.0. The van der Waals surface area contributed by atoms with Crippen LogP contribution in [0.5, 0.6) is 0 Å². The Balaban J connectivity index is 1.60. The molecule has 2 aromatic rings. The Hall–Kier alpha value is -3.10. The molecule has 0 spiro atoms. The average Bonchev–Trinajstić information content (AvgIpc) is 3.20. The highest BCUT2D eigenvalue weighted by Gasteiger charge is 2.41. The lowest BCUT2D eigenvalue weighted by atomic mass is 9.94. The van der Waals surface area contributed by atoms with Crippen molar-refractivity contribution in [2.45, 2.75) is 32.9 Å². The number of allylic oxidation sites excluding steroid dienone is 1. The van der Waals surface area contributed by atoms with Gasteiger partial charge in [0.2, 0.25) is 5.91 Å². The Morgan fingerprint density at radius 1 is 1.21 bits per heavy atom. The second-order valence-electron chi connectivity index (χ2n) is 7.44. The average molecular weight is 483 g/mol. The lowest BCUT2D eigenvalue weighted by molar-refractivity contribution is -0.139. The number of pyridine rings is 1. The van der Waals surface area contributed by atoms with Crippen LogP contribution in [-0.4, -0.2) is 33.5 Å². The van der Waals surface area contributed by atoms with Crippen LogP contribution in [0.3, 0.4) is 0 Å². The molecule has 33 heavy (non-hydrogen) atoms. The molecule has 7 nitrogen and oxygen atoms in total. The first kappa shape index (κ1) is 23.1. The van der Waals surface area contributed by atoms with Crippen LogP contribution >= 0.6 is 23.4 Å². The van der Waals surface area contributed by atoms with Crippen molar-refractivity contribution < 1.29 is 14.3 Å². The molecule has 9 heteroatoms. The number of carbonyl (C=O) groups excluding carboxylic acids is 2. The molecule has 0 bridgehead atoms. The number of ether oxygens (including phenoxy) is 1. The van der Waals surface area contributed by atoms with Gasteiger partial charge in [-0.15, -0.1) is 0 Å². The highest BCUT2D eigenvalue weighted by atomic mass is 35.5. The summed E-state index contributed by atoms with van der Waals surface area (Å²) in [5, 5.41) is 6.13. The number of rotatable bonds is 7. The number of carbonyl (C=O) groups is 2. The topological polar surface area (TPSA) is 83.9 Å². The lowest BCUT2D eigenvalue weighted by Crippen LogP contribution is -2.38. The number of nitrogens with zero attached hydrogens (tertiary/aromatic N) is 3. The summed E-state index contributed by atoms with van der Waals surface area (Å²) < 4.78 is 5.35. The van der Waals surface area contributed by atoms with Crippen molar-refractivity contribution in [2.75, 3.05) is 6.61 Å². The zero-order valence-corrected chi connectivity index (χ0v) is 19.8. The number of fused-ring (bicyclic) bond motifs is 1. The second-order valence-corrected chi connectivity index (χ2v) is 8.71. The van der Waals surface area contributed by atoms with Gasteiger partial charge in [-0.05, 0) is 49.1 Å². The van der Waals surface area contributed by atoms with Crippen LogP contribution in [0.1, 0.15) is 37.6 Å². The van der Waals surface area contributed by atoms with Crippen molar-refractivity contribution in [1.82, 2.24) is 15.2 Å². The van der Waals surface area contributed by atoms with Gasteiger partial charge in [0.05, 0.1) is 42.6 Å². The van der Waals surface area contributed by atoms with E-state index in [1.165, 1.54) is 11.8 Å². The van der Waals surface area contributed by atoms with Crippen LogP contribution in [0.25, 0.3) is 0 Å². The molecule has 4 rings (SSSR count). The Bertz CT molecular complexity index is 1150. The third-order valence-corrected chi connectivity index (χ3v) is 6.36. The van der Waals surface area contributed by atoms with E-state index in [1.54, 1.807) is 32.2 Å². The Morgan fingerprint density at radius 3 is 2.70 bits per heavy atom. The lowest BCUT2D eigenvalue weighted by Gasteiger charge is -2.36. The molecule has 1 aromatic carbocycles. The molecule has 1 N–H and O–H groups in total. The summed E-state index contributed by atoms with van der Waals surface area (Å²) in [6.07, 6.45) is 1.83. The molecule has 1 amide bonds. The van der Waals surface area contributed by atoms with E-state index in [9.17, 15) is 9.59 Å². The van der Waals surface area contributed by atoms with Crippen LogP contribution < -0.4 is 5.32 Å². The molecular weight excluding hydrogens is 460 g/mol. The number of esters is 1. The molecule has 170 valence electrons. The van der Waals surface area contributed by atoms with Crippen LogP contribution in [0, 0.1) is 0 Å². The van der Waals surface area contributed by atoms with E-state index in [4.69, 9.17) is 16.3 Å². The van der Waals surface area contributed by atoms with E-state index < -0.39 is 12.0 Å². The molecule has 0 unspecified atom stereocenters. The number of halogens is 1. The second kappa shape index (κ2) is 10.2. The minimum atomic E-state index is -0.473. The van der Waals surface area contributed by atoms with Crippen LogP contribution in [0.15, 0.2) is 76.0 Å². The largest absolute Gasteiger partial charge is 0.463 e. The Labute approximate surface area is 201 Å². The summed E-state index contributed by atoms with van der Waals surface area (Å²) in [7, 11) is 0. The van der Waals surface area contributed by atoms with Crippen molar-refractivity contribution >= 4 is 40.4 Å². The summed E-state index contributed by atoms with van der Waals surface area (Å²) in [4.78, 5) is 36.5. The number of nitrogens with one attached hydrogen (secondary N) is 1. The number of hydrogen-bond donors (Lipinski definition) is 1. The number of aliphatic imine (C=N–C) groups is 1. The molecule has 0 saturated heterocycles. The Morgan fingerprint density at radius 2 is 2.00 bits per heavy atom. The predicted octanol–water partition coefficient (Wildman–Crippen LogP) is 4.58. The van der Waals surface area contributed by atoms with Crippen molar-refractivity contribution in [3.8, 4) is 0 Å². The van der Waals surface area contributed by atoms with Gasteiger partial charge < -0.3 is 15.0 Å². The molecule has 1 atom stereocenters. The maximum absolute atomic E-state index is 12.9. The van der Waals surface area contributed by atoms with Gasteiger partial charge in [0.15, 0.2) is 5.17 Å². The van der Waals surface area contributed by atoms with E-state index in [0.29, 0.717) is 28.0 Å². The number of amidine groups is 1. The molecule has 0 radical (unpaired) electrons. The van der Waals surface area contributed by atoms with E-state index in [0.717, 1.165) is 17.0 Å². The molecule has 2 aliphatic heterocycles. The van der Waals surface area contributed by atoms with Crippen molar-refractivity contribution in [3.05, 3.63) is 87.3 Å². The molecular formula is C24H23ClN4O3S. The molecule has 0 fully saturated rings. The van der Waals surface area contributed by atoms with Crippen molar-refractivity contribution in [3.63, 3.8) is 0 Å². The van der Waals surface area contributed by atoms with Crippen LogP contribution in [0.2, 0.25) is 5.02 Å². The van der Waals surface area contributed by atoms with E-state index >= 15 is 0 Å². The smallest absolute Gasteiger partial charge is 0.338 e. The minimum Gasteiger partial charge on any atom is -0.463 e. The zero-order chi connectivity index (χ0) is 23.4. The summed E-state index contributed by atoms with van der Waals surface area (Å²) >= 11 is 7.54. The van der Waals surface area contributed by atoms with Gasteiger partial charge >= 0.3 is 5.97 Å². The van der Waals surface area contributed by atoms with Gasteiger partial charge in [-0.3, -0.25) is 9.78 Å². The number of hydrogen-bond acceptors (Lipinski definition) is 7. The summed E-state index contributed by atoms with van der Waals surface area (Å²) in [6, 6.07) is 12.4. The number of benzene rings is 1. The number of aromatic nitrogens is 1. The molecule has 1 aromatic heterocycles. The van der Waals surface area contributed by atoms with Gasteiger partial charge in [0, 0.05) is 16.9 Å². The van der Waals surface area contributed by atoms with E-state index in [-0.39, 0.29) is 18.9 Å². The van der Waals surface area contributed by atoms with Crippen molar-refractivity contribution in [2.24, 2.45) is 4.99 Å². The first-order valence-electron chi connectivity index (χ1n) is 10.5. The van der Waals surface area contributed by atoms with E-state index in [1.807, 2.05) is 40.6 Å². The molecule has 0 saturated carbocycles. The van der Waals surface area contributed by atoms with Gasteiger partial charge in [-0.25, -0.2) is 9.79 Å². The molecule has 3 heterocycles. The van der Waals surface area contributed by atoms with Crippen LogP contribution in [0.4, 0.5) is 0 Å². The van der Waals surface area contributed by atoms with E-state index in [2.05, 4.69) is 15.3 Å². The molecule has 2 aliphatic rings. The Kier molecular flexibility index (Phi) is 7.15. The van der Waals surface area contributed by atoms with Crippen molar-refractivity contribution in [1.29, 1.82) is 0 Å². The normalized spacial score (nSPS) is 17.3. The summed E-state index contributed by atoms with van der Waals surface area (Å²) in [6.45, 7) is 4.17. The van der Waals surface area contributed by atoms with Crippen LogP contribution in [-0.2, 0) is 20.9 Å². The summed E-state index contributed by atoms with van der Waals surface area (Å²) in [5.74, 6) is -0.568. The maximum atomic E-state index is 12.9. The highest BCUT2D eigenvalue weighted by molar-refractivity contribution is 8.16. The fraction of sp³-hybridized carbons (Fsp3) is 0.250. The standard InChI is InChI=1S/C24H23ClN4O3S/c1-3-32-23(31)21-15(2)28-24-29(22(21)16-7-9-17(25)10-8-16)19(14-33-24)12-20(30)27-13-18-6-4-5-11-26-18/h4-11,14,22H,3,12-13H2,1-2H3,(H,27,30)/t22-/m0/s1. The third-order valence-electron chi connectivity index (χ3n) is 5.22. The number of amides is 1. The van der Waals surface area contributed by atoms with Gasteiger partial charge in [-0.1, -0.05) is 41.6 Å². The predicted molar refractivity (Wildman–Crippen MR) is 129 cm³/mol. The SMILES string of the molecule is CCOC(=O)C1=C(C)N=C2SC=C(CC(=O)NCc3ccccn3)N2[C@H]1c1ccc(Cl)cc1. The highest BCUT2D eigenvalue weighted by Crippen LogP contribution is 2.44.